The van der Waals surface area contributed by atoms with Crippen molar-refractivity contribution in [3.05, 3.63) is 29.8 Å². The van der Waals surface area contributed by atoms with E-state index >= 15 is 0 Å². The number of hydrogen-bond donors (Lipinski definition) is 1. The molecule has 0 saturated heterocycles. The molecule has 2 atom stereocenters. The number of nitrogens with one attached hydrogen (secondary N) is 1. The summed E-state index contributed by atoms with van der Waals surface area (Å²) in [7, 11) is 0. The molecule has 0 saturated carbocycles. The van der Waals surface area contributed by atoms with Crippen LogP contribution in [-0.4, -0.2) is 16.5 Å². The Morgan fingerprint density at radius 3 is 2.63 bits per heavy atom. The first-order valence-corrected chi connectivity index (χ1v) is 8.15. The van der Waals surface area contributed by atoms with Gasteiger partial charge in [-0.1, -0.05) is 44.2 Å². The lowest BCUT2D eigenvalue weighted by Crippen LogP contribution is -2.22. The number of aryl methyl sites for hydroxylation is 1. The third-order valence-electron chi connectivity index (χ3n) is 3.35. The van der Waals surface area contributed by atoms with Crippen LogP contribution in [0.3, 0.4) is 0 Å². The van der Waals surface area contributed by atoms with Gasteiger partial charge in [0.2, 0.25) is 0 Å². The van der Waals surface area contributed by atoms with Crippen LogP contribution in [0.2, 0.25) is 0 Å². The fourth-order valence-electron chi connectivity index (χ4n) is 2.32. The summed E-state index contributed by atoms with van der Waals surface area (Å²) in [4.78, 5) is 4.67. The molecule has 1 aliphatic rings. The van der Waals surface area contributed by atoms with Crippen LogP contribution >= 0.6 is 11.8 Å². The van der Waals surface area contributed by atoms with Gasteiger partial charge in [0, 0.05) is 10.9 Å². The molecular formula is C16H24N2S. The predicted molar refractivity (Wildman–Crippen MR) is 87.2 cm³/mol. The third kappa shape index (κ3) is 4.57. The van der Waals surface area contributed by atoms with Crippen molar-refractivity contribution >= 4 is 22.6 Å². The first-order valence-electron chi connectivity index (χ1n) is 7.27. The minimum absolute atomic E-state index is 0.433. The number of amidine groups is 1. The Kier molecular flexibility index (Phi) is 5.32. The minimum atomic E-state index is 0.433. The van der Waals surface area contributed by atoms with Crippen LogP contribution in [0, 0.1) is 0 Å². The average molecular weight is 276 g/mol. The molecule has 0 amide bonds. The fourth-order valence-corrected chi connectivity index (χ4v) is 3.50. The summed E-state index contributed by atoms with van der Waals surface area (Å²) in [6.07, 6.45) is 4.87. The summed E-state index contributed by atoms with van der Waals surface area (Å²) in [5, 5.41) is 5.15. The van der Waals surface area contributed by atoms with Gasteiger partial charge in [0.05, 0.1) is 6.04 Å². The summed E-state index contributed by atoms with van der Waals surface area (Å²) in [6, 6.07) is 9.20. The molecule has 1 N–H and O–H groups in total. The predicted octanol–water partition coefficient (Wildman–Crippen LogP) is 4.71. The van der Waals surface area contributed by atoms with E-state index in [2.05, 4.69) is 55.3 Å². The molecule has 0 spiro atoms. The van der Waals surface area contributed by atoms with Crippen molar-refractivity contribution in [2.75, 3.05) is 5.32 Å². The van der Waals surface area contributed by atoms with Gasteiger partial charge in [0.1, 0.15) is 0 Å². The number of benzene rings is 1. The van der Waals surface area contributed by atoms with E-state index < -0.39 is 0 Å². The van der Waals surface area contributed by atoms with Crippen molar-refractivity contribution in [2.24, 2.45) is 4.99 Å². The number of hydrogen-bond acceptors (Lipinski definition) is 3. The van der Waals surface area contributed by atoms with E-state index in [-0.39, 0.29) is 0 Å². The number of thioether (sulfide) groups is 1. The molecule has 0 fully saturated rings. The van der Waals surface area contributed by atoms with E-state index in [9.17, 15) is 0 Å². The van der Waals surface area contributed by atoms with Crippen LogP contribution in [0.25, 0.3) is 0 Å². The maximum atomic E-state index is 4.67. The van der Waals surface area contributed by atoms with Gasteiger partial charge in [0.25, 0.3) is 0 Å². The van der Waals surface area contributed by atoms with Crippen LogP contribution in [0.15, 0.2) is 29.3 Å². The molecule has 1 heterocycles. The normalized spacial score (nSPS) is 23.0. The summed E-state index contributed by atoms with van der Waals surface area (Å²) < 4.78 is 0. The van der Waals surface area contributed by atoms with Gasteiger partial charge in [-0.25, -0.2) is 0 Å². The quantitative estimate of drug-likeness (QED) is 0.861. The van der Waals surface area contributed by atoms with Crippen LogP contribution < -0.4 is 5.32 Å². The van der Waals surface area contributed by atoms with E-state index in [1.807, 2.05) is 11.8 Å². The van der Waals surface area contributed by atoms with Crippen molar-refractivity contribution in [2.45, 2.75) is 57.7 Å². The molecule has 104 valence electrons. The third-order valence-corrected chi connectivity index (χ3v) is 4.37. The Morgan fingerprint density at radius 2 is 2.00 bits per heavy atom. The molecule has 1 aromatic rings. The second-order valence-electron chi connectivity index (χ2n) is 5.37. The Balaban J connectivity index is 1.95. The van der Waals surface area contributed by atoms with Crippen LogP contribution in [-0.2, 0) is 6.42 Å². The Hall–Kier alpha value is -0.960. The molecular weight excluding hydrogens is 252 g/mol. The largest absolute Gasteiger partial charge is 0.335 e. The topological polar surface area (TPSA) is 24.4 Å². The van der Waals surface area contributed by atoms with Gasteiger partial charge in [-0.3, -0.25) is 4.99 Å². The van der Waals surface area contributed by atoms with Crippen molar-refractivity contribution in [1.82, 2.24) is 0 Å². The van der Waals surface area contributed by atoms with Crippen LogP contribution in [0.1, 0.15) is 45.6 Å². The molecule has 19 heavy (non-hydrogen) atoms. The van der Waals surface area contributed by atoms with Gasteiger partial charge in [-0.15, -0.1) is 0 Å². The molecule has 0 aromatic heterocycles. The molecule has 1 aromatic carbocycles. The van der Waals surface area contributed by atoms with Gasteiger partial charge >= 0.3 is 0 Å². The summed E-state index contributed by atoms with van der Waals surface area (Å²) in [6.45, 7) is 6.69. The highest BCUT2D eigenvalue weighted by Gasteiger charge is 2.18. The standard InChI is InChI=1S/C16H24N2S/c1-4-5-6-14-7-9-15(10-8-14)18-16-17-12(2)11-13(3)19-16/h7-10,12-13H,4-6,11H2,1-3H3,(H,17,18). The van der Waals surface area contributed by atoms with E-state index in [1.54, 1.807) is 0 Å². The van der Waals surface area contributed by atoms with Gasteiger partial charge in [-0.2, -0.15) is 0 Å². The molecule has 3 heteroatoms. The van der Waals surface area contributed by atoms with E-state index in [0.29, 0.717) is 11.3 Å². The Labute approximate surface area is 121 Å². The zero-order valence-electron chi connectivity index (χ0n) is 12.1. The van der Waals surface area contributed by atoms with Crippen LogP contribution in [0.4, 0.5) is 5.69 Å². The maximum absolute atomic E-state index is 4.67. The summed E-state index contributed by atoms with van der Waals surface area (Å²) in [5.74, 6) is 0. The number of aliphatic imine (C=N–C) groups is 1. The summed E-state index contributed by atoms with van der Waals surface area (Å²) >= 11 is 1.84. The van der Waals surface area contributed by atoms with Crippen molar-refractivity contribution in [3.8, 4) is 0 Å². The lowest BCUT2D eigenvalue weighted by Gasteiger charge is -2.23. The average Bonchev–Trinajstić information content (AvgIpc) is 2.37. The monoisotopic (exact) mass is 276 g/mol. The molecule has 0 radical (unpaired) electrons. The zero-order chi connectivity index (χ0) is 13.7. The van der Waals surface area contributed by atoms with Gasteiger partial charge < -0.3 is 5.32 Å². The number of anilines is 1. The molecule has 2 rings (SSSR count). The lowest BCUT2D eigenvalue weighted by atomic mass is 10.1. The maximum Gasteiger partial charge on any atom is 0.161 e. The molecule has 1 aliphatic heterocycles. The highest BCUT2D eigenvalue weighted by Crippen LogP contribution is 2.26. The SMILES string of the molecule is CCCCc1ccc(NC2=NC(C)CC(C)S2)cc1. The van der Waals surface area contributed by atoms with Gasteiger partial charge in [-0.05, 0) is 43.9 Å². The second-order valence-corrected chi connectivity index (χ2v) is 6.80. The van der Waals surface area contributed by atoms with Gasteiger partial charge in [0.15, 0.2) is 5.17 Å². The highest BCUT2D eigenvalue weighted by atomic mass is 32.2. The first-order chi connectivity index (χ1) is 9.17. The fraction of sp³-hybridized carbons (Fsp3) is 0.562. The molecule has 2 nitrogen and oxygen atoms in total. The lowest BCUT2D eigenvalue weighted by molar-refractivity contribution is 0.661. The van der Waals surface area contributed by atoms with Crippen LogP contribution in [0.5, 0.6) is 0 Å². The number of rotatable bonds is 4. The van der Waals surface area contributed by atoms with Crippen molar-refractivity contribution in [3.63, 3.8) is 0 Å². The van der Waals surface area contributed by atoms with Crippen molar-refractivity contribution in [1.29, 1.82) is 0 Å². The second kappa shape index (κ2) is 6.99. The first kappa shape index (κ1) is 14.4. The Bertz CT molecular complexity index is 425. The van der Waals surface area contributed by atoms with Crippen molar-refractivity contribution < 1.29 is 0 Å². The highest BCUT2D eigenvalue weighted by molar-refractivity contribution is 8.14. The zero-order valence-corrected chi connectivity index (χ0v) is 13.0. The van der Waals surface area contributed by atoms with E-state index in [0.717, 1.165) is 10.9 Å². The Morgan fingerprint density at radius 1 is 1.26 bits per heavy atom. The number of nitrogens with zero attached hydrogens (tertiary/aromatic N) is 1. The van der Waals surface area contributed by atoms with E-state index in [1.165, 1.54) is 31.2 Å². The molecule has 0 aliphatic carbocycles. The minimum Gasteiger partial charge on any atom is -0.335 e. The molecule has 0 bridgehead atoms. The van der Waals surface area contributed by atoms with E-state index in [4.69, 9.17) is 0 Å². The number of unbranched alkanes of at least 4 members (excludes halogenated alkanes) is 1. The molecule has 2 unspecified atom stereocenters. The summed E-state index contributed by atoms with van der Waals surface area (Å²) in [5.41, 5.74) is 2.57. The smallest absolute Gasteiger partial charge is 0.161 e.